The molecule has 1 aromatic heterocycles. The Bertz CT molecular complexity index is 853. The quantitative estimate of drug-likeness (QED) is 0.732. The van der Waals surface area contributed by atoms with E-state index >= 15 is 0 Å². The highest BCUT2D eigenvalue weighted by Crippen LogP contribution is 2.58. The molecule has 1 aromatic carbocycles. The first kappa shape index (κ1) is 19.6. The van der Waals surface area contributed by atoms with Gasteiger partial charge in [-0.3, -0.25) is 10.1 Å². The highest BCUT2D eigenvalue weighted by atomic mass is 19.1. The summed E-state index contributed by atoms with van der Waals surface area (Å²) in [6.45, 7) is 0.294. The minimum atomic E-state index is -0.323. The molecule has 0 radical (unpaired) electrons. The Morgan fingerprint density at radius 2 is 1.90 bits per heavy atom. The summed E-state index contributed by atoms with van der Waals surface area (Å²) in [5.41, 5.74) is 6.95. The fourth-order valence-corrected chi connectivity index (χ4v) is 4.69. The van der Waals surface area contributed by atoms with Crippen LogP contribution >= 0.6 is 0 Å². The number of anilines is 1. The highest BCUT2D eigenvalue weighted by molar-refractivity contribution is 5.94. The van der Waals surface area contributed by atoms with Crippen LogP contribution in [-0.4, -0.2) is 24.0 Å². The molecule has 7 heteroatoms. The van der Waals surface area contributed by atoms with Crippen molar-refractivity contribution >= 4 is 11.9 Å². The number of rotatable bonds is 7. The summed E-state index contributed by atoms with van der Waals surface area (Å²) in [5.74, 6) is 0.720. The molecule has 3 aliphatic rings. The van der Waals surface area contributed by atoms with Crippen LogP contribution in [0.25, 0.3) is 0 Å². The number of carbonyl (C=O) groups is 1. The van der Waals surface area contributed by atoms with Crippen LogP contribution in [0.15, 0.2) is 53.0 Å². The van der Waals surface area contributed by atoms with E-state index in [2.05, 4.69) is 22.4 Å². The summed E-state index contributed by atoms with van der Waals surface area (Å²) in [6.07, 6.45) is 9.01. The van der Waals surface area contributed by atoms with Gasteiger partial charge in [-0.1, -0.05) is 12.1 Å². The zero-order valence-corrected chi connectivity index (χ0v) is 16.3. The maximum Gasteiger partial charge on any atom is 0.301 e. The van der Waals surface area contributed by atoms with Crippen molar-refractivity contribution in [3.8, 4) is 5.75 Å². The number of hydrogen-bond acceptors (Lipinski definition) is 5. The average molecular weight is 399 g/mol. The zero-order valence-electron chi connectivity index (χ0n) is 16.3. The van der Waals surface area contributed by atoms with Crippen molar-refractivity contribution in [1.29, 1.82) is 0 Å². The standard InChI is InChI=1S/C22H26FN3O3/c23-13-16(14-24)15-29-18-3-1-17(2-4-18)21-5-8-22(9-6-21,10-7-21)19(27)26-20-25-11-12-28-20/h1-4,11-13H,5-10,14-15,24H2,(H,25,26,27)/b16-13+. The van der Waals surface area contributed by atoms with E-state index in [0.29, 0.717) is 17.7 Å². The van der Waals surface area contributed by atoms with Gasteiger partial charge in [0.2, 0.25) is 5.91 Å². The molecule has 6 nitrogen and oxygen atoms in total. The van der Waals surface area contributed by atoms with Gasteiger partial charge in [0.15, 0.2) is 0 Å². The van der Waals surface area contributed by atoms with Gasteiger partial charge in [-0.2, -0.15) is 0 Å². The van der Waals surface area contributed by atoms with Gasteiger partial charge in [0.05, 0.1) is 12.5 Å². The van der Waals surface area contributed by atoms with E-state index in [1.165, 1.54) is 18.0 Å². The Kier molecular flexibility index (Phi) is 5.41. The summed E-state index contributed by atoms with van der Waals surface area (Å²) >= 11 is 0. The number of carbonyl (C=O) groups excluding carboxylic acids is 1. The Morgan fingerprint density at radius 1 is 1.21 bits per heavy atom. The average Bonchev–Trinajstić information content (AvgIpc) is 3.29. The zero-order chi connectivity index (χ0) is 20.3. The lowest BCUT2D eigenvalue weighted by atomic mass is 9.51. The Balaban J connectivity index is 1.40. The number of ether oxygens (including phenoxy) is 1. The van der Waals surface area contributed by atoms with Crippen LogP contribution in [0.3, 0.4) is 0 Å². The van der Waals surface area contributed by atoms with Crippen molar-refractivity contribution in [3.63, 3.8) is 0 Å². The van der Waals surface area contributed by atoms with Crippen LogP contribution in [0.5, 0.6) is 5.75 Å². The number of halogens is 1. The van der Waals surface area contributed by atoms with Gasteiger partial charge < -0.3 is 14.9 Å². The van der Waals surface area contributed by atoms with E-state index in [1.807, 2.05) is 12.1 Å². The molecule has 0 atom stereocenters. The summed E-state index contributed by atoms with van der Waals surface area (Å²) in [5, 5.41) is 2.83. The molecular formula is C22H26FN3O3. The minimum absolute atomic E-state index is 0.0219. The lowest BCUT2D eigenvalue weighted by Gasteiger charge is -2.52. The van der Waals surface area contributed by atoms with Gasteiger partial charge in [0.25, 0.3) is 0 Å². The molecule has 0 unspecified atom stereocenters. The fraction of sp³-hybridized carbons (Fsp3) is 0.455. The molecule has 3 fully saturated rings. The second kappa shape index (κ2) is 7.99. The van der Waals surface area contributed by atoms with Gasteiger partial charge in [0.1, 0.15) is 18.6 Å². The monoisotopic (exact) mass is 399 g/mol. The molecule has 3 N–H and O–H groups in total. The van der Waals surface area contributed by atoms with E-state index in [4.69, 9.17) is 14.9 Å². The first-order valence-corrected chi connectivity index (χ1v) is 10.0. The van der Waals surface area contributed by atoms with Gasteiger partial charge in [-0.05, 0) is 61.6 Å². The summed E-state index contributed by atoms with van der Waals surface area (Å²) < 4.78 is 23.4. The SMILES string of the molecule is NC/C(=C\F)COc1ccc(C23CCC(C(=O)Nc4ncco4)(CC2)CC3)cc1. The van der Waals surface area contributed by atoms with Gasteiger partial charge in [-0.15, -0.1) is 0 Å². The number of amides is 1. The van der Waals surface area contributed by atoms with Crippen molar-refractivity contribution < 1.29 is 18.3 Å². The third kappa shape index (κ3) is 3.79. The van der Waals surface area contributed by atoms with Crippen LogP contribution in [0, 0.1) is 5.41 Å². The summed E-state index contributed by atoms with van der Waals surface area (Å²) in [7, 11) is 0. The normalized spacial score (nSPS) is 26.3. The Morgan fingerprint density at radius 3 is 2.45 bits per heavy atom. The third-order valence-electron chi connectivity index (χ3n) is 6.69. The molecule has 0 aliphatic heterocycles. The van der Waals surface area contributed by atoms with Crippen molar-refractivity contribution in [2.75, 3.05) is 18.5 Å². The fourth-order valence-electron chi connectivity index (χ4n) is 4.69. The van der Waals surface area contributed by atoms with Gasteiger partial charge in [-0.25, -0.2) is 9.37 Å². The molecule has 0 spiro atoms. The van der Waals surface area contributed by atoms with E-state index in [1.54, 1.807) is 0 Å². The molecule has 2 aromatic rings. The van der Waals surface area contributed by atoms with Gasteiger partial charge >= 0.3 is 6.01 Å². The first-order valence-electron chi connectivity index (χ1n) is 10.0. The van der Waals surface area contributed by atoms with E-state index in [9.17, 15) is 9.18 Å². The minimum Gasteiger partial charge on any atom is -0.489 e. The van der Waals surface area contributed by atoms with Gasteiger partial charge in [0, 0.05) is 17.5 Å². The predicted molar refractivity (Wildman–Crippen MR) is 107 cm³/mol. The molecule has 154 valence electrons. The van der Waals surface area contributed by atoms with Crippen LogP contribution in [0.1, 0.15) is 44.1 Å². The van der Waals surface area contributed by atoms with Crippen molar-refractivity contribution in [2.24, 2.45) is 11.1 Å². The van der Waals surface area contributed by atoms with Crippen LogP contribution < -0.4 is 15.8 Å². The van der Waals surface area contributed by atoms with Crippen molar-refractivity contribution in [1.82, 2.24) is 4.98 Å². The molecule has 3 saturated carbocycles. The maximum absolute atomic E-state index is 12.8. The largest absolute Gasteiger partial charge is 0.489 e. The lowest BCUT2D eigenvalue weighted by Crippen LogP contribution is -2.49. The van der Waals surface area contributed by atoms with Crippen molar-refractivity contribution in [3.05, 3.63) is 54.2 Å². The second-order valence-corrected chi connectivity index (χ2v) is 8.14. The number of fused-ring (bicyclic) bond motifs is 3. The molecule has 0 saturated heterocycles. The number of hydrogen-bond donors (Lipinski definition) is 2. The molecule has 3 aliphatic carbocycles. The highest BCUT2D eigenvalue weighted by Gasteiger charge is 2.53. The molecule has 1 heterocycles. The lowest BCUT2D eigenvalue weighted by molar-refractivity contribution is -0.132. The van der Waals surface area contributed by atoms with Crippen LogP contribution in [-0.2, 0) is 10.2 Å². The second-order valence-electron chi connectivity index (χ2n) is 8.14. The number of benzene rings is 1. The molecule has 29 heavy (non-hydrogen) atoms. The summed E-state index contributed by atoms with van der Waals surface area (Å²) in [6, 6.07) is 8.33. The van der Waals surface area contributed by atoms with E-state index in [-0.39, 0.29) is 35.9 Å². The third-order valence-corrected chi connectivity index (χ3v) is 6.69. The molecule has 5 rings (SSSR count). The first-order chi connectivity index (χ1) is 14.1. The predicted octanol–water partition coefficient (Wildman–Crippen LogP) is 4.10. The number of nitrogens with two attached hydrogens (primary N) is 1. The topological polar surface area (TPSA) is 90.4 Å². The van der Waals surface area contributed by atoms with E-state index in [0.717, 1.165) is 38.5 Å². The summed E-state index contributed by atoms with van der Waals surface area (Å²) in [4.78, 5) is 16.8. The van der Waals surface area contributed by atoms with Crippen molar-refractivity contribution in [2.45, 2.75) is 43.9 Å². The number of oxazole rings is 1. The molecule has 1 amide bonds. The number of aromatic nitrogens is 1. The number of nitrogens with zero attached hydrogens (tertiary/aromatic N) is 1. The van der Waals surface area contributed by atoms with Crippen LogP contribution in [0.4, 0.5) is 10.4 Å². The Hall–Kier alpha value is -2.67. The maximum atomic E-state index is 12.8. The Labute approximate surface area is 169 Å². The molecular weight excluding hydrogens is 373 g/mol. The molecule has 2 bridgehead atoms. The van der Waals surface area contributed by atoms with Crippen LogP contribution in [0.2, 0.25) is 0 Å². The number of nitrogens with one attached hydrogen (secondary N) is 1. The smallest absolute Gasteiger partial charge is 0.301 e. The van der Waals surface area contributed by atoms with E-state index < -0.39 is 0 Å².